The van der Waals surface area contributed by atoms with Crippen LogP contribution < -0.4 is 24.7 Å². The van der Waals surface area contributed by atoms with Gasteiger partial charge in [0.15, 0.2) is 11.5 Å². The second kappa shape index (κ2) is 8.85. The number of para-hydroxylation sites is 2. The zero-order valence-corrected chi connectivity index (χ0v) is 17.8. The molecule has 0 saturated heterocycles. The molecule has 0 saturated carbocycles. The third kappa shape index (κ3) is 4.00. The first-order chi connectivity index (χ1) is 15.5. The van der Waals surface area contributed by atoms with Crippen LogP contribution in [0.25, 0.3) is 11.0 Å². The number of hydrogen-bond acceptors (Lipinski definition) is 7. The van der Waals surface area contributed by atoms with E-state index in [1.165, 1.54) is 20.3 Å². The predicted molar refractivity (Wildman–Crippen MR) is 121 cm³/mol. The zero-order chi connectivity index (χ0) is 22.7. The third-order valence-electron chi connectivity index (χ3n) is 5.05. The van der Waals surface area contributed by atoms with E-state index in [9.17, 15) is 9.59 Å². The van der Waals surface area contributed by atoms with Crippen LogP contribution >= 0.6 is 0 Å². The van der Waals surface area contributed by atoms with Crippen LogP contribution in [0.2, 0.25) is 0 Å². The molecule has 3 aromatic carbocycles. The summed E-state index contributed by atoms with van der Waals surface area (Å²) in [7, 11) is 4.80. The highest BCUT2D eigenvalue weighted by molar-refractivity contribution is 5.95. The minimum Gasteiger partial charge on any atom is -0.496 e. The van der Waals surface area contributed by atoms with Crippen molar-refractivity contribution in [1.29, 1.82) is 0 Å². The van der Waals surface area contributed by atoms with Crippen molar-refractivity contribution in [2.75, 3.05) is 26.2 Å². The van der Waals surface area contributed by atoms with E-state index in [-0.39, 0.29) is 5.75 Å². The third-order valence-corrected chi connectivity index (χ3v) is 5.05. The number of anilines is 2. The normalized spacial score (nSPS) is 10.6. The van der Waals surface area contributed by atoms with Gasteiger partial charge < -0.3 is 23.5 Å². The summed E-state index contributed by atoms with van der Waals surface area (Å²) in [5, 5.41) is 0.776. The maximum Gasteiger partial charge on any atom is 0.347 e. The van der Waals surface area contributed by atoms with Crippen LogP contribution in [0.4, 0.5) is 11.4 Å². The number of fused-ring (bicyclic) bond motifs is 1. The minimum absolute atomic E-state index is 0.236. The lowest BCUT2D eigenvalue weighted by Gasteiger charge is -2.22. The zero-order valence-electron chi connectivity index (χ0n) is 17.8. The minimum atomic E-state index is -0.577. The number of esters is 1. The van der Waals surface area contributed by atoms with Gasteiger partial charge in [0, 0.05) is 30.3 Å². The summed E-state index contributed by atoms with van der Waals surface area (Å²) in [5.41, 5.74) is 1.66. The lowest BCUT2D eigenvalue weighted by atomic mass is 10.1. The van der Waals surface area contributed by atoms with Crippen LogP contribution in [0.5, 0.6) is 17.2 Å². The van der Waals surface area contributed by atoms with E-state index in [1.807, 2.05) is 30.1 Å². The molecule has 0 N–H and O–H groups in total. The maximum atomic E-state index is 12.8. The average molecular weight is 431 g/mol. The number of methoxy groups -OCH3 is 2. The summed E-state index contributed by atoms with van der Waals surface area (Å²) in [6.45, 7) is 0. The topological polar surface area (TPSA) is 78.2 Å². The summed E-state index contributed by atoms with van der Waals surface area (Å²) in [5.74, 6) is 0.460. The van der Waals surface area contributed by atoms with Crippen molar-refractivity contribution in [3.63, 3.8) is 0 Å². The molecule has 0 atom stereocenters. The molecule has 0 spiro atoms. The fourth-order valence-corrected chi connectivity index (χ4v) is 3.43. The molecule has 7 heteroatoms. The van der Waals surface area contributed by atoms with Crippen molar-refractivity contribution in [3.8, 4) is 17.2 Å². The van der Waals surface area contributed by atoms with Crippen LogP contribution in [0.15, 0.2) is 82.0 Å². The van der Waals surface area contributed by atoms with E-state index in [1.54, 1.807) is 48.5 Å². The van der Waals surface area contributed by atoms with E-state index in [0.29, 0.717) is 34.0 Å². The summed E-state index contributed by atoms with van der Waals surface area (Å²) in [6, 6.07) is 20.7. The number of benzene rings is 3. The highest BCUT2D eigenvalue weighted by Gasteiger charge is 2.19. The Morgan fingerprint density at radius 3 is 2.34 bits per heavy atom. The molecular formula is C25H21NO6. The molecule has 0 aliphatic carbocycles. The van der Waals surface area contributed by atoms with E-state index in [2.05, 4.69) is 0 Å². The smallest absolute Gasteiger partial charge is 0.347 e. The van der Waals surface area contributed by atoms with Gasteiger partial charge in [0.05, 0.1) is 19.9 Å². The van der Waals surface area contributed by atoms with Gasteiger partial charge in [0.25, 0.3) is 0 Å². The lowest BCUT2D eigenvalue weighted by Crippen LogP contribution is -2.14. The van der Waals surface area contributed by atoms with E-state index in [4.69, 9.17) is 18.6 Å². The molecule has 32 heavy (non-hydrogen) atoms. The number of rotatable bonds is 6. The number of carbonyl (C=O) groups excluding carboxylic acids is 1. The molecule has 0 radical (unpaired) electrons. The second-order valence-corrected chi connectivity index (χ2v) is 6.93. The van der Waals surface area contributed by atoms with Gasteiger partial charge in [-0.3, -0.25) is 0 Å². The maximum absolute atomic E-state index is 12.8. The molecule has 1 heterocycles. The summed E-state index contributed by atoms with van der Waals surface area (Å²) >= 11 is 0. The highest BCUT2D eigenvalue weighted by atomic mass is 16.6. The van der Waals surface area contributed by atoms with Crippen molar-refractivity contribution in [2.45, 2.75) is 0 Å². The molecule has 0 unspecified atom stereocenters. The first-order valence-corrected chi connectivity index (χ1v) is 9.81. The summed E-state index contributed by atoms with van der Waals surface area (Å²) < 4.78 is 21.6. The van der Waals surface area contributed by atoms with Crippen LogP contribution in [-0.2, 0) is 0 Å². The van der Waals surface area contributed by atoms with E-state index in [0.717, 1.165) is 5.39 Å². The molecule has 0 aliphatic heterocycles. The molecule has 0 amide bonds. The first-order valence-electron chi connectivity index (χ1n) is 9.81. The molecule has 162 valence electrons. The summed E-state index contributed by atoms with van der Waals surface area (Å²) in [4.78, 5) is 26.7. The van der Waals surface area contributed by atoms with Crippen LogP contribution in [0.1, 0.15) is 10.4 Å². The van der Waals surface area contributed by atoms with E-state index >= 15 is 0 Å². The van der Waals surface area contributed by atoms with Gasteiger partial charge in [-0.1, -0.05) is 24.3 Å². The van der Waals surface area contributed by atoms with Crippen molar-refractivity contribution >= 4 is 28.3 Å². The summed E-state index contributed by atoms with van der Waals surface area (Å²) in [6.07, 6.45) is 0. The fraction of sp³-hybridized carbons (Fsp3) is 0.120. The number of carbonyl (C=O) groups is 1. The average Bonchev–Trinajstić information content (AvgIpc) is 2.82. The quantitative estimate of drug-likeness (QED) is 0.247. The van der Waals surface area contributed by atoms with Gasteiger partial charge in [-0.15, -0.1) is 0 Å². The molecule has 7 nitrogen and oxygen atoms in total. The first kappa shape index (κ1) is 21.0. The van der Waals surface area contributed by atoms with Gasteiger partial charge in [-0.05, 0) is 36.4 Å². The van der Waals surface area contributed by atoms with Gasteiger partial charge in [0.1, 0.15) is 16.9 Å². The number of ether oxygens (including phenoxy) is 3. The van der Waals surface area contributed by atoms with Crippen LogP contribution in [-0.4, -0.2) is 27.2 Å². The largest absolute Gasteiger partial charge is 0.496 e. The highest BCUT2D eigenvalue weighted by Crippen LogP contribution is 2.36. The molecule has 0 fully saturated rings. The predicted octanol–water partition coefficient (Wildman–Crippen LogP) is 4.80. The SMILES string of the molecule is COc1ccc(N(C)c2cc(=O)oc3ccccc23)cc1OC(=O)c1ccccc1OC. The van der Waals surface area contributed by atoms with Crippen molar-refractivity contribution < 1.29 is 23.4 Å². The number of hydrogen-bond donors (Lipinski definition) is 0. The molecule has 4 aromatic rings. The molecule has 4 rings (SSSR count). The van der Waals surface area contributed by atoms with Crippen LogP contribution in [0.3, 0.4) is 0 Å². The van der Waals surface area contributed by atoms with Gasteiger partial charge in [-0.2, -0.15) is 0 Å². The number of nitrogens with zero attached hydrogens (tertiary/aromatic N) is 1. The Kier molecular flexibility index (Phi) is 5.81. The Labute approximate surface area is 184 Å². The lowest BCUT2D eigenvalue weighted by molar-refractivity contribution is 0.0726. The van der Waals surface area contributed by atoms with Gasteiger partial charge in [0.2, 0.25) is 0 Å². The second-order valence-electron chi connectivity index (χ2n) is 6.93. The van der Waals surface area contributed by atoms with Gasteiger partial charge >= 0.3 is 11.6 Å². The Morgan fingerprint density at radius 1 is 0.844 bits per heavy atom. The molecule has 0 bridgehead atoms. The van der Waals surface area contributed by atoms with E-state index < -0.39 is 11.6 Å². The fourth-order valence-electron chi connectivity index (χ4n) is 3.43. The van der Waals surface area contributed by atoms with Crippen LogP contribution in [0, 0.1) is 0 Å². The monoisotopic (exact) mass is 431 g/mol. The van der Waals surface area contributed by atoms with Crippen molar-refractivity contribution in [3.05, 3.63) is 88.8 Å². The molecular weight excluding hydrogens is 410 g/mol. The Hall–Kier alpha value is -4.26. The van der Waals surface area contributed by atoms with Crippen molar-refractivity contribution in [2.24, 2.45) is 0 Å². The Morgan fingerprint density at radius 2 is 1.56 bits per heavy atom. The Bertz CT molecular complexity index is 1340. The van der Waals surface area contributed by atoms with Crippen molar-refractivity contribution in [1.82, 2.24) is 0 Å². The molecule has 1 aromatic heterocycles. The van der Waals surface area contributed by atoms with Gasteiger partial charge in [-0.25, -0.2) is 9.59 Å². The standard InChI is InChI=1S/C25H21NO6/c1-26(19-15-24(27)31-21-11-7-4-8-17(19)21)16-12-13-22(30-3)23(14-16)32-25(28)18-9-5-6-10-20(18)29-2/h4-15H,1-3H3. The molecule has 0 aliphatic rings. The Balaban J connectivity index is 1.73.